The number of aromatic nitrogens is 1. The molecule has 7 heteroatoms. The molecule has 1 aromatic carbocycles. The van der Waals surface area contributed by atoms with Crippen LogP contribution in [0.4, 0.5) is 13.2 Å². The molecule has 0 aliphatic rings. The Morgan fingerprint density at radius 2 is 1.90 bits per heavy atom. The van der Waals surface area contributed by atoms with Gasteiger partial charge in [-0.05, 0) is 29.8 Å². The van der Waals surface area contributed by atoms with Gasteiger partial charge in [-0.15, -0.1) is 12.4 Å². The molecular formula is C13H10ClF3N2O. The van der Waals surface area contributed by atoms with E-state index < -0.39 is 17.6 Å². The summed E-state index contributed by atoms with van der Waals surface area (Å²) in [7, 11) is 0. The number of carbonyl (C=O) groups excluding carboxylic acids is 1. The molecule has 0 saturated heterocycles. The van der Waals surface area contributed by atoms with Crippen LogP contribution in [0.15, 0.2) is 42.7 Å². The highest BCUT2D eigenvalue weighted by Gasteiger charge is 2.31. The number of halogens is 4. The van der Waals surface area contributed by atoms with Crippen LogP contribution < -0.4 is 5.73 Å². The molecule has 20 heavy (non-hydrogen) atoms. The van der Waals surface area contributed by atoms with Gasteiger partial charge in [0.2, 0.25) is 5.91 Å². The zero-order valence-electron chi connectivity index (χ0n) is 10.0. The van der Waals surface area contributed by atoms with E-state index in [1.165, 1.54) is 12.4 Å². The monoisotopic (exact) mass is 302 g/mol. The Balaban J connectivity index is 0.00000200. The van der Waals surface area contributed by atoms with Gasteiger partial charge in [-0.25, -0.2) is 0 Å². The Labute approximate surface area is 119 Å². The SMILES string of the molecule is Cl.NC(=O)c1ccc(C(F)(F)F)cc1-c1cccnc1. The molecule has 2 rings (SSSR count). The van der Waals surface area contributed by atoms with Gasteiger partial charge in [0, 0.05) is 23.5 Å². The molecule has 1 amide bonds. The highest BCUT2D eigenvalue weighted by Crippen LogP contribution is 2.33. The van der Waals surface area contributed by atoms with Gasteiger partial charge in [0.25, 0.3) is 0 Å². The number of primary amides is 1. The van der Waals surface area contributed by atoms with Crippen LogP contribution in [0.1, 0.15) is 15.9 Å². The molecule has 0 aliphatic heterocycles. The van der Waals surface area contributed by atoms with Crippen LogP contribution in [0, 0.1) is 0 Å². The summed E-state index contributed by atoms with van der Waals surface area (Å²) >= 11 is 0. The second-order valence-electron chi connectivity index (χ2n) is 3.86. The van der Waals surface area contributed by atoms with Gasteiger partial charge in [0.1, 0.15) is 0 Å². The molecule has 0 unspecified atom stereocenters. The number of hydrogen-bond acceptors (Lipinski definition) is 2. The minimum atomic E-state index is -4.48. The summed E-state index contributed by atoms with van der Waals surface area (Å²) in [5.74, 6) is -0.785. The Bertz CT molecular complexity index is 615. The van der Waals surface area contributed by atoms with Crippen molar-refractivity contribution in [3.05, 3.63) is 53.9 Å². The Hall–Kier alpha value is -2.08. The largest absolute Gasteiger partial charge is 0.416 e. The highest BCUT2D eigenvalue weighted by molar-refractivity contribution is 5.99. The normalized spacial score (nSPS) is 10.8. The molecule has 0 saturated carbocycles. The van der Waals surface area contributed by atoms with Gasteiger partial charge in [-0.3, -0.25) is 9.78 Å². The molecule has 3 nitrogen and oxygen atoms in total. The fourth-order valence-electron chi connectivity index (χ4n) is 1.70. The number of amides is 1. The predicted molar refractivity (Wildman–Crippen MR) is 70.4 cm³/mol. The molecule has 0 aliphatic carbocycles. The van der Waals surface area contributed by atoms with E-state index in [4.69, 9.17) is 5.73 Å². The number of nitrogens with two attached hydrogens (primary N) is 1. The van der Waals surface area contributed by atoms with Gasteiger partial charge in [0.05, 0.1) is 5.56 Å². The van der Waals surface area contributed by atoms with Gasteiger partial charge in [0.15, 0.2) is 0 Å². The average molecular weight is 303 g/mol. The van der Waals surface area contributed by atoms with Crippen molar-refractivity contribution in [1.82, 2.24) is 4.98 Å². The van der Waals surface area contributed by atoms with E-state index >= 15 is 0 Å². The van der Waals surface area contributed by atoms with Crippen molar-refractivity contribution in [2.24, 2.45) is 5.73 Å². The van der Waals surface area contributed by atoms with Crippen molar-refractivity contribution in [3.8, 4) is 11.1 Å². The Morgan fingerprint density at radius 1 is 1.20 bits per heavy atom. The summed E-state index contributed by atoms with van der Waals surface area (Å²) in [6.07, 6.45) is -1.61. The summed E-state index contributed by atoms with van der Waals surface area (Å²) in [4.78, 5) is 15.1. The van der Waals surface area contributed by atoms with Crippen molar-refractivity contribution < 1.29 is 18.0 Å². The molecular weight excluding hydrogens is 293 g/mol. The fourth-order valence-corrected chi connectivity index (χ4v) is 1.70. The lowest BCUT2D eigenvalue weighted by molar-refractivity contribution is -0.137. The topological polar surface area (TPSA) is 56.0 Å². The number of alkyl halides is 3. The van der Waals surface area contributed by atoms with E-state index in [0.717, 1.165) is 18.2 Å². The molecule has 1 aromatic heterocycles. The number of hydrogen-bond donors (Lipinski definition) is 1. The summed E-state index contributed by atoms with van der Waals surface area (Å²) in [6, 6.07) is 5.94. The number of carbonyl (C=O) groups is 1. The third-order valence-electron chi connectivity index (χ3n) is 2.58. The summed E-state index contributed by atoms with van der Waals surface area (Å²) in [5.41, 5.74) is 4.89. The first-order valence-corrected chi connectivity index (χ1v) is 5.31. The molecule has 0 atom stereocenters. The predicted octanol–water partition coefficient (Wildman–Crippen LogP) is 3.29. The van der Waals surface area contributed by atoms with Crippen LogP contribution in [0.3, 0.4) is 0 Å². The van der Waals surface area contributed by atoms with E-state index in [1.807, 2.05) is 0 Å². The quantitative estimate of drug-likeness (QED) is 0.925. The van der Waals surface area contributed by atoms with E-state index in [-0.39, 0.29) is 23.5 Å². The summed E-state index contributed by atoms with van der Waals surface area (Å²) in [6.45, 7) is 0. The summed E-state index contributed by atoms with van der Waals surface area (Å²) in [5, 5.41) is 0. The number of pyridine rings is 1. The highest BCUT2D eigenvalue weighted by atomic mass is 35.5. The van der Waals surface area contributed by atoms with Gasteiger partial charge in [-0.1, -0.05) is 6.07 Å². The zero-order valence-corrected chi connectivity index (χ0v) is 10.8. The van der Waals surface area contributed by atoms with Crippen LogP contribution in [0.2, 0.25) is 0 Å². The van der Waals surface area contributed by atoms with Gasteiger partial charge >= 0.3 is 6.18 Å². The molecule has 0 fully saturated rings. The molecule has 2 N–H and O–H groups in total. The van der Waals surface area contributed by atoms with Crippen molar-refractivity contribution in [2.45, 2.75) is 6.18 Å². The standard InChI is InChI=1S/C13H9F3N2O.ClH/c14-13(15,16)9-3-4-10(12(17)19)11(6-9)8-2-1-5-18-7-8;/h1-7H,(H2,17,19);1H. The number of benzene rings is 1. The van der Waals surface area contributed by atoms with Gasteiger partial charge < -0.3 is 5.73 Å². The number of nitrogens with zero attached hydrogens (tertiary/aromatic N) is 1. The lowest BCUT2D eigenvalue weighted by atomic mass is 9.98. The Morgan fingerprint density at radius 3 is 2.40 bits per heavy atom. The lowest BCUT2D eigenvalue weighted by Crippen LogP contribution is -2.14. The van der Waals surface area contributed by atoms with Crippen molar-refractivity contribution in [3.63, 3.8) is 0 Å². The van der Waals surface area contributed by atoms with Crippen LogP contribution in [0.25, 0.3) is 11.1 Å². The lowest BCUT2D eigenvalue weighted by Gasteiger charge is -2.11. The zero-order chi connectivity index (χ0) is 14.0. The van der Waals surface area contributed by atoms with Crippen molar-refractivity contribution in [2.75, 3.05) is 0 Å². The average Bonchev–Trinajstić information content (AvgIpc) is 2.38. The first-order valence-electron chi connectivity index (χ1n) is 5.31. The molecule has 0 radical (unpaired) electrons. The van der Waals surface area contributed by atoms with E-state index in [9.17, 15) is 18.0 Å². The second kappa shape index (κ2) is 5.92. The first kappa shape index (κ1) is 16.0. The van der Waals surface area contributed by atoms with Crippen molar-refractivity contribution >= 4 is 18.3 Å². The third kappa shape index (κ3) is 3.27. The van der Waals surface area contributed by atoms with E-state index in [1.54, 1.807) is 12.1 Å². The van der Waals surface area contributed by atoms with Crippen LogP contribution in [-0.2, 0) is 6.18 Å². The Kier molecular flexibility index (Phi) is 4.73. The van der Waals surface area contributed by atoms with E-state index in [0.29, 0.717) is 5.56 Å². The van der Waals surface area contributed by atoms with E-state index in [2.05, 4.69) is 4.98 Å². The molecule has 1 heterocycles. The molecule has 2 aromatic rings. The first-order chi connectivity index (χ1) is 8.89. The maximum atomic E-state index is 12.7. The maximum Gasteiger partial charge on any atom is 0.416 e. The minimum absolute atomic E-state index is 0. The second-order valence-corrected chi connectivity index (χ2v) is 3.86. The smallest absolute Gasteiger partial charge is 0.366 e. The molecule has 106 valence electrons. The third-order valence-corrected chi connectivity index (χ3v) is 2.58. The van der Waals surface area contributed by atoms with Crippen LogP contribution in [0.5, 0.6) is 0 Å². The number of rotatable bonds is 2. The fraction of sp³-hybridized carbons (Fsp3) is 0.0769. The molecule has 0 bridgehead atoms. The van der Waals surface area contributed by atoms with Crippen molar-refractivity contribution in [1.29, 1.82) is 0 Å². The molecule has 0 spiro atoms. The minimum Gasteiger partial charge on any atom is -0.366 e. The maximum absolute atomic E-state index is 12.7. The summed E-state index contributed by atoms with van der Waals surface area (Å²) < 4.78 is 38.1. The van der Waals surface area contributed by atoms with Gasteiger partial charge in [-0.2, -0.15) is 13.2 Å². The van der Waals surface area contributed by atoms with Crippen LogP contribution >= 0.6 is 12.4 Å². The van der Waals surface area contributed by atoms with Crippen LogP contribution in [-0.4, -0.2) is 10.9 Å².